The average Bonchev–Trinajstić information content (AvgIpc) is 3.04. The molecule has 0 radical (unpaired) electrons. The SMILES string of the molecule is Cc1ccc(-c2nn(CN3CCC[C@H](C(=O)Nc4ccc(Cl)cn4)C3)c(=S)n2C)cc1. The van der Waals surface area contributed by atoms with Crippen LogP contribution >= 0.6 is 23.8 Å². The zero-order valence-corrected chi connectivity index (χ0v) is 19.2. The standard InChI is InChI=1S/C22H25ClN6OS/c1-15-5-7-16(8-6-15)20-26-29(22(31)27(20)2)14-28-11-3-4-17(13-28)21(30)25-19-10-9-18(23)12-24-19/h5-10,12,17H,3-4,11,13-14H2,1-2H3,(H,24,25,30)/t17-/m0/s1. The van der Waals surface area contributed by atoms with Crippen LogP contribution in [0.1, 0.15) is 18.4 Å². The van der Waals surface area contributed by atoms with Gasteiger partial charge in [0.1, 0.15) is 5.82 Å². The molecule has 0 unspecified atom stereocenters. The van der Waals surface area contributed by atoms with Crippen molar-refractivity contribution in [3.05, 3.63) is 58.0 Å². The fraction of sp³-hybridized carbons (Fsp3) is 0.364. The number of benzene rings is 1. The van der Waals surface area contributed by atoms with Gasteiger partial charge in [0.2, 0.25) is 5.91 Å². The Bertz CT molecular complexity index is 1120. The van der Waals surface area contributed by atoms with Crippen molar-refractivity contribution < 1.29 is 4.79 Å². The molecule has 1 saturated heterocycles. The molecule has 1 aliphatic rings. The Morgan fingerprint density at radius 2 is 2.03 bits per heavy atom. The van der Waals surface area contributed by atoms with Crippen LogP contribution in [0.3, 0.4) is 0 Å². The van der Waals surface area contributed by atoms with Crippen LogP contribution in [0.15, 0.2) is 42.6 Å². The van der Waals surface area contributed by atoms with Crippen LogP contribution in [0, 0.1) is 17.6 Å². The summed E-state index contributed by atoms with van der Waals surface area (Å²) in [6, 6.07) is 11.7. The van der Waals surface area contributed by atoms with Gasteiger partial charge >= 0.3 is 0 Å². The predicted octanol–water partition coefficient (Wildman–Crippen LogP) is 4.28. The zero-order chi connectivity index (χ0) is 22.0. The summed E-state index contributed by atoms with van der Waals surface area (Å²) in [5, 5.41) is 8.19. The van der Waals surface area contributed by atoms with Gasteiger partial charge in [0.15, 0.2) is 10.6 Å². The number of hydrogen-bond donors (Lipinski definition) is 1. The Hall–Kier alpha value is -2.55. The van der Waals surface area contributed by atoms with E-state index in [-0.39, 0.29) is 11.8 Å². The van der Waals surface area contributed by atoms with Crippen molar-refractivity contribution in [2.75, 3.05) is 18.4 Å². The minimum Gasteiger partial charge on any atom is -0.310 e. The van der Waals surface area contributed by atoms with Crippen molar-refractivity contribution in [1.29, 1.82) is 0 Å². The van der Waals surface area contributed by atoms with Crippen LogP contribution in [-0.4, -0.2) is 43.2 Å². The van der Waals surface area contributed by atoms with Crippen LogP contribution in [0.4, 0.5) is 5.82 Å². The highest BCUT2D eigenvalue weighted by atomic mass is 35.5. The lowest BCUT2D eigenvalue weighted by Crippen LogP contribution is -2.41. The molecule has 1 amide bonds. The lowest BCUT2D eigenvalue weighted by atomic mass is 9.97. The average molecular weight is 457 g/mol. The van der Waals surface area contributed by atoms with Crippen molar-refractivity contribution in [2.24, 2.45) is 13.0 Å². The highest BCUT2D eigenvalue weighted by Gasteiger charge is 2.27. The molecule has 162 valence electrons. The Kier molecular flexibility index (Phi) is 6.50. The van der Waals surface area contributed by atoms with Gasteiger partial charge in [-0.3, -0.25) is 9.69 Å². The largest absolute Gasteiger partial charge is 0.310 e. The maximum absolute atomic E-state index is 12.7. The monoisotopic (exact) mass is 456 g/mol. The van der Waals surface area contributed by atoms with E-state index in [0.29, 0.717) is 28.8 Å². The van der Waals surface area contributed by atoms with Crippen LogP contribution < -0.4 is 5.32 Å². The topological polar surface area (TPSA) is 68.0 Å². The van der Waals surface area contributed by atoms with Crippen LogP contribution in [-0.2, 0) is 18.5 Å². The molecule has 1 N–H and O–H groups in total. The number of halogens is 1. The second-order valence-corrected chi connectivity index (χ2v) is 8.74. The molecule has 0 bridgehead atoms. The smallest absolute Gasteiger partial charge is 0.229 e. The summed E-state index contributed by atoms with van der Waals surface area (Å²) >= 11 is 11.5. The molecule has 4 rings (SSSR count). The maximum Gasteiger partial charge on any atom is 0.229 e. The highest BCUT2D eigenvalue weighted by Crippen LogP contribution is 2.21. The number of carbonyl (C=O) groups excluding carboxylic acids is 1. The molecular weight excluding hydrogens is 432 g/mol. The van der Waals surface area contributed by atoms with Gasteiger partial charge in [-0.1, -0.05) is 41.4 Å². The van der Waals surface area contributed by atoms with Gasteiger partial charge in [-0.2, -0.15) is 5.10 Å². The lowest BCUT2D eigenvalue weighted by Gasteiger charge is -2.31. The summed E-state index contributed by atoms with van der Waals surface area (Å²) in [5.41, 5.74) is 2.24. The highest BCUT2D eigenvalue weighted by molar-refractivity contribution is 7.71. The van der Waals surface area contributed by atoms with E-state index in [1.54, 1.807) is 12.1 Å². The number of pyridine rings is 1. The van der Waals surface area contributed by atoms with E-state index in [0.717, 1.165) is 30.8 Å². The van der Waals surface area contributed by atoms with Crippen LogP contribution in [0.5, 0.6) is 0 Å². The van der Waals surface area contributed by atoms with Crippen molar-refractivity contribution in [3.63, 3.8) is 0 Å². The molecule has 9 heteroatoms. The summed E-state index contributed by atoms with van der Waals surface area (Å²) in [6.45, 7) is 4.17. The zero-order valence-electron chi connectivity index (χ0n) is 17.6. The molecule has 1 fully saturated rings. The lowest BCUT2D eigenvalue weighted by molar-refractivity contribution is -0.121. The van der Waals surface area contributed by atoms with E-state index in [4.69, 9.17) is 28.9 Å². The summed E-state index contributed by atoms with van der Waals surface area (Å²) in [7, 11) is 1.94. The van der Waals surface area contributed by atoms with E-state index in [1.165, 1.54) is 11.8 Å². The van der Waals surface area contributed by atoms with Gasteiger partial charge in [-0.15, -0.1) is 0 Å². The first kappa shape index (κ1) is 21.7. The van der Waals surface area contributed by atoms with Crippen molar-refractivity contribution in [1.82, 2.24) is 24.2 Å². The van der Waals surface area contributed by atoms with E-state index < -0.39 is 0 Å². The molecule has 1 atom stereocenters. The molecule has 2 aromatic heterocycles. The molecular formula is C22H25ClN6OS. The molecule has 7 nitrogen and oxygen atoms in total. The van der Waals surface area contributed by atoms with Crippen molar-refractivity contribution in [2.45, 2.75) is 26.4 Å². The second kappa shape index (κ2) is 9.30. The number of hydrogen-bond acceptors (Lipinski definition) is 5. The van der Waals surface area contributed by atoms with Gasteiger partial charge < -0.3 is 9.88 Å². The molecule has 0 aliphatic carbocycles. The molecule has 3 aromatic rings. The summed E-state index contributed by atoms with van der Waals surface area (Å²) in [5.74, 6) is 1.22. The van der Waals surface area contributed by atoms with Crippen LogP contribution in [0.25, 0.3) is 11.4 Å². The number of likely N-dealkylation sites (tertiary alicyclic amines) is 1. The Morgan fingerprint density at radius 1 is 1.26 bits per heavy atom. The maximum atomic E-state index is 12.7. The van der Waals surface area contributed by atoms with Gasteiger partial charge in [0.05, 0.1) is 17.6 Å². The molecule has 0 saturated carbocycles. The molecule has 1 aromatic carbocycles. The number of aryl methyl sites for hydroxylation is 1. The number of rotatable bonds is 5. The summed E-state index contributed by atoms with van der Waals surface area (Å²) in [4.78, 5) is 19.1. The van der Waals surface area contributed by atoms with E-state index >= 15 is 0 Å². The first-order valence-corrected chi connectivity index (χ1v) is 11.0. The minimum absolute atomic E-state index is 0.0236. The second-order valence-electron chi connectivity index (χ2n) is 7.94. The third kappa shape index (κ3) is 5.03. The molecule has 31 heavy (non-hydrogen) atoms. The fourth-order valence-electron chi connectivity index (χ4n) is 3.80. The Balaban J connectivity index is 1.44. The van der Waals surface area contributed by atoms with E-state index in [1.807, 2.05) is 16.3 Å². The van der Waals surface area contributed by atoms with Gasteiger partial charge in [0, 0.05) is 25.4 Å². The van der Waals surface area contributed by atoms with E-state index in [9.17, 15) is 4.79 Å². The summed E-state index contributed by atoms with van der Waals surface area (Å²) < 4.78 is 4.43. The number of amides is 1. The van der Waals surface area contributed by atoms with Gasteiger partial charge in [-0.25, -0.2) is 9.67 Å². The first-order valence-electron chi connectivity index (χ1n) is 10.3. The number of nitrogens with one attached hydrogen (secondary N) is 1. The number of anilines is 1. The Morgan fingerprint density at radius 3 is 2.74 bits per heavy atom. The number of carbonyl (C=O) groups is 1. The fourth-order valence-corrected chi connectivity index (χ4v) is 4.10. The minimum atomic E-state index is -0.110. The van der Waals surface area contributed by atoms with Gasteiger partial charge in [0.25, 0.3) is 0 Å². The van der Waals surface area contributed by atoms with Crippen molar-refractivity contribution in [3.8, 4) is 11.4 Å². The Labute approximate surface area is 191 Å². The predicted molar refractivity (Wildman–Crippen MR) is 124 cm³/mol. The quantitative estimate of drug-likeness (QED) is 0.580. The summed E-state index contributed by atoms with van der Waals surface area (Å²) in [6.07, 6.45) is 3.31. The number of piperidine rings is 1. The number of aromatic nitrogens is 4. The third-order valence-corrected chi connectivity index (χ3v) is 6.25. The molecule has 3 heterocycles. The first-order chi connectivity index (χ1) is 14.9. The normalized spacial score (nSPS) is 16.9. The number of nitrogens with zero attached hydrogens (tertiary/aromatic N) is 5. The van der Waals surface area contributed by atoms with Gasteiger partial charge in [-0.05, 0) is 50.7 Å². The van der Waals surface area contributed by atoms with Crippen molar-refractivity contribution >= 4 is 35.5 Å². The molecule has 1 aliphatic heterocycles. The van der Waals surface area contributed by atoms with E-state index in [2.05, 4.69) is 46.4 Å². The van der Waals surface area contributed by atoms with Crippen LogP contribution in [0.2, 0.25) is 5.02 Å². The molecule has 0 spiro atoms. The third-order valence-electron chi connectivity index (χ3n) is 5.54.